The molecule has 1 unspecified atom stereocenters. The largest absolute Gasteiger partial charge is 0.460 e. The lowest BCUT2D eigenvalue weighted by Gasteiger charge is -2.39. The van der Waals surface area contributed by atoms with Crippen LogP contribution >= 0.6 is 0 Å². The molecule has 1 heterocycles. The molecule has 0 aromatic rings. The molecule has 0 radical (unpaired) electrons. The Morgan fingerprint density at radius 3 is 1.61 bits per heavy atom. The van der Waals surface area contributed by atoms with Gasteiger partial charge in [0.05, 0.1) is 13.2 Å². The Bertz CT molecular complexity index is 1110. The van der Waals surface area contributed by atoms with Gasteiger partial charge in [-0.15, -0.1) is 0 Å². The summed E-state index contributed by atoms with van der Waals surface area (Å²) in [6, 6.07) is -1.23. The second kappa shape index (κ2) is 27.0. The van der Waals surface area contributed by atoms with Gasteiger partial charge in [0.15, 0.2) is 6.29 Å². The van der Waals surface area contributed by atoms with Crippen LogP contribution in [0.1, 0.15) is 148 Å². The maximum absolute atomic E-state index is 13.7. The number of hydrogen-bond donors (Lipinski definition) is 6. The summed E-state index contributed by atoms with van der Waals surface area (Å²) >= 11 is 0. The molecule has 1 aliphatic heterocycles. The van der Waals surface area contributed by atoms with E-state index >= 15 is 0 Å². The van der Waals surface area contributed by atoms with E-state index < -0.39 is 98.6 Å². The molecule has 0 saturated carbocycles. The molecule has 19 heteroatoms. The second-order valence-corrected chi connectivity index (χ2v) is 15.0. The lowest BCUT2D eigenvalue weighted by atomic mass is 9.97. The molecule has 0 spiro atoms. The molecule has 57 heavy (non-hydrogen) atoms. The number of carbonyl (C=O) groups is 2. The molecule has 2 amide bonds. The van der Waals surface area contributed by atoms with Crippen molar-refractivity contribution in [3.63, 3.8) is 0 Å². The molecule has 0 aromatic carbocycles. The van der Waals surface area contributed by atoms with Crippen LogP contribution in [0.25, 0.3) is 0 Å². The van der Waals surface area contributed by atoms with Gasteiger partial charge in [-0.3, -0.25) is 9.59 Å². The number of rotatable bonds is 32. The maximum Gasteiger partial charge on any atom is 0.460 e. The fourth-order valence-corrected chi connectivity index (χ4v) is 6.40. The molecule has 1 aliphatic rings. The summed E-state index contributed by atoms with van der Waals surface area (Å²) in [5.41, 5.74) is 0. The highest BCUT2D eigenvalue weighted by atomic mass is 19.4. The Hall–Kier alpha value is -1.93. The fourth-order valence-electron chi connectivity index (χ4n) is 6.40. The van der Waals surface area contributed by atoms with E-state index in [0.717, 1.165) is 25.7 Å². The normalized spacial score (nSPS) is 21.4. The molecule has 0 aliphatic carbocycles. The van der Waals surface area contributed by atoms with E-state index in [2.05, 4.69) is 17.6 Å². The molecular weight excluding hydrogens is 783 g/mol. The van der Waals surface area contributed by atoms with Gasteiger partial charge in [0.2, 0.25) is 11.8 Å². The fraction of sp³-hybridized carbons (Fsp3) is 0.947. The van der Waals surface area contributed by atoms with Crippen molar-refractivity contribution < 1.29 is 79.0 Å². The number of alkyl halides is 9. The van der Waals surface area contributed by atoms with Crippen LogP contribution in [0.5, 0.6) is 0 Å². The average Bonchev–Trinajstić information content (AvgIpc) is 3.14. The first-order valence-corrected chi connectivity index (χ1v) is 20.4. The third-order valence-corrected chi connectivity index (χ3v) is 10.1. The van der Waals surface area contributed by atoms with Gasteiger partial charge in [-0.1, -0.05) is 116 Å². The van der Waals surface area contributed by atoms with Gasteiger partial charge in [-0.25, -0.2) is 0 Å². The van der Waals surface area contributed by atoms with Crippen LogP contribution in [0.2, 0.25) is 0 Å². The summed E-state index contributed by atoms with van der Waals surface area (Å²) in [5.74, 6) is -20.1. The minimum atomic E-state index is -6.89. The van der Waals surface area contributed by atoms with Crippen LogP contribution in [-0.2, 0) is 19.1 Å². The van der Waals surface area contributed by atoms with E-state index in [1.54, 1.807) is 0 Å². The highest BCUT2D eigenvalue weighted by molar-refractivity contribution is 5.87. The molecule has 1 rings (SSSR count). The van der Waals surface area contributed by atoms with E-state index in [0.29, 0.717) is 45.1 Å². The van der Waals surface area contributed by atoms with Crippen LogP contribution in [0, 0.1) is 0 Å². The van der Waals surface area contributed by atoms with E-state index in [4.69, 9.17) is 9.47 Å². The van der Waals surface area contributed by atoms with Gasteiger partial charge in [0.1, 0.15) is 30.5 Å². The van der Waals surface area contributed by atoms with Gasteiger partial charge >= 0.3 is 23.9 Å². The van der Waals surface area contributed by atoms with Crippen molar-refractivity contribution in [1.82, 2.24) is 10.6 Å². The standard InChI is InChI=1S/C38H65F9N2O8/c1-2-3-4-5-6-7-8-9-12-15-18-21-24-48-33(55)27(26-56-34-32(54)31(53)30(52)28(25-50)57-34)49-29(51)22-19-16-13-10-11-14-17-20-23-35(39,40)36(41,42)37(43,44)38(45,46)47/h27-28,30-32,34,50,52-54H,2-26H2,1H3,(H,48,55)(H,49,51)/t27?,28-,30+,31+,32-,34-/m1/s1. The van der Waals surface area contributed by atoms with E-state index in [-0.39, 0.29) is 19.3 Å². The summed E-state index contributed by atoms with van der Waals surface area (Å²) in [6.45, 7) is 1.36. The van der Waals surface area contributed by atoms with Gasteiger partial charge in [0.25, 0.3) is 0 Å². The Morgan fingerprint density at radius 1 is 0.649 bits per heavy atom. The molecule has 338 valence electrons. The molecule has 10 nitrogen and oxygen atoms in total. The zero-order valence-electron chi connectivity index (χ0n) is 33.0. The number of unbranched alkanes of at least 4 members (excludes halogenated alkanes) is 18. The van der Waals surface area contributed by atoms with Crippen LogP contribution in [0.3, 0.4) is 0 Å². The van der Waals surface area contributed by atoms with Crippen molar-refractivity contribution in [2.24, 2.45) is 0 Å². The molecular formula is C38H65F9N2O8. The van der Waals surface area contributed by atoms with Crippen LogP contribution < -0.4 is 10.6 Å². The Labute approximate surface area is 330 Å². The monoisotopic (exact) mass is 848 g/mol. The van der Waals surface area contributed by atoms with E-state index in [9.17, 15) is 69.5 Å². The first-order valence-electron chi connectivity index (χ1n) is 20.4. The Balaban J connectivity index is 2.47. The zero-order chi connectivity index (χ0) is 43.1. The number of ether oxygens (including phenoxy) is 2. The predicted molar refractivity (Wildman–Crippen MR) is 193 cm³/mol. The first-order chi connectivity index (χ1) is 26.7. The third-order valence-electron chi connectivity index (χ3n) is 10.1. The average molecular weight is 849 g/mol. The van der Waals surface area contributed by atoms with Crippen molar-refractivity contribution in [3.8, 4) is 0 Å². The van der Waals surface area contributed by atoms with E-state index in [1.165, 1.54) is 44.9 Å². The van der Waals surface area contributed by atoms with Gasteiger partial charge < -0.3 is 40.5 Å². The summed E-state index contributed by atoms with van der Waals surface area (Å²) < 4.78 is 128. The van der Waals surface area contributed by atoms with Gasteiger partial charge in [-0.2, -0.15) is 39.5 Å². The molecule has 6 atom stereocenters. The lowest BCUT2D eigenvalue weighted by molar-refractivity contribution is -0.396. The van der Waals surface area contributed by atoms with Crippen LogP contribution in [-0.4, -0.2) is 113 Å². The number of amides is 2. The minimum Gasteiger partial charge on any atom is -0.394 e. The van der Waals surface area contributed by atoms with Crippen molar-refractivity contribution in [3.05, 3.63) is 0 Å². The topological polar surface area (TPSA) is 158 Å². The third kappa shape index (κ3) is 18.5. The van der Waals surface area contributed by atoms with Crippen molar-refractivity contribution in [1.29, 1.82) is 0 Å². The smallest absolute Gasteiger partial charge is 0.394 e. The summed E-state index contributed by atoms with van der Waals surface area (Å²) in [4.78, 5) is 25.9. The van der Waals surface area contributed by atoms with E-state index in [1.807, 2.05) is 0 Å². The first kappa shape index (κ1) is 53.1. The molecule has 1 saturated heterocycles. The molecule has 0 aromatic heterocycles. The number of nitrogens with one attached hydrogen (secondary N) is 2. The zero-order valence-corrected chi connectivity index (χ0v) is 33.0. The van der Waals surface area contributed by atoms with Crippen LogP contribution in [0.15, 0.2) is 0 Å². The maximum atomic E-state index is 13.7. The summed E-state index contributed by atoms with van der Waals surface area (Å²) in [6.07, 6.45) is -0.940. The van der Waals surface area contributed by atoms with Gasteiger partial charge in [0, 0.05) is 19.4 Å². The van der Waals surface area contributed by atoms with Crippen molar-refractivity contribution in [2.75, 3.05) is 19.8 Å². The number of aliphatic hydroxyl groups excluding tert-OH is 4. The quantitative estimate of drug-likeness (QED) is 0.0301. The Kier molecular flexibility index (Phi) is 25.2. The molecule has 1 fully saturated rings. The lowest BCUT2D eigenvalue weighted by Crippen LogP contribution is -2.60. The highest BCUT2D eigenvalue weighted by Gasteiger charge is 2.81. The Morgan fingerprint density at radius 2 is 1.12 bits per heavy atom. The summed E-state index contributed by atoms with van der Waals surface area (Å²) in [7, 11) is 0. The number of aliphatic hydroxyl groups is 4. The predicted octanol–water partition coefficient (Wildman–Crippen LogP) is 7.47. The number of halogens is 9. The molecule has 6 N–H and O–H groups in total. The number of carbonyl (C=O) groups excluding carboxylic acids is 2. The minimum absolute atomic E-state index is 0.00554. The van der Waals surface area contributed by atoms with Gasteiger partial charge in [-0.05, 0) is 19.3 Å². The number of hydrogen-bond acceptors (Lipinski definition) is 8. The molecule has 0 bridgehead atoms. The highest BCUT2D eigenvalue weighted by Crippen LogP contribution is 2.54. The van der Waals surface area contributed by atoms with Crippen molar-refractivity contribution in [2.45, 2.75) is 209 Å². The van der Waals surface area contributed by atoms with Crippen LogP contribution in [0.4, 0.5) is 39.5 Å². The summed E-state index contributed by atoms with van der Waals surface area (Å²) in [5, 5.41) is 45.2. The second-order valence-electron chi connectivity index (χ2n) is 15.0. The van der Waals surface area contributed by atoms with Crippen molar-refractivity contribution >= 4 is 11.8 Å². The SMILES string of the molecule is CCCCCCCCCCCCCCNC(=O)C(CO[C@@H]1O[C@H](CO)[C@H](O)[C@H](O)[C@H]1O)NC(=O)CCCCCCCCCCC(F)(F)C(F)(F)C(F)(F)C(F)(F)F.